The standard InChI is InChI=1S/C10H24N2O/c1-4-6-7-12(3)9-10(13)8-11-5-2/h10-11,13H,4-9H2,1-3H3. The smallest absolute Gasteiger partial charge is 0.0791 e. The molecule has 0 aliphatic carbocycles. The van der Waals surface area contributed by atoms with Crippen LogP contribution in [0.2, 0.25) is 0 Å². The number of hydrogen-bond acceptors (Lipinski definition) is 3. The van der Waals surface area contributed by atoms with Gasteiger partial charge in [-0.05, 0) is 26.6 Å². The van der Waals surface area contributed by atoms with Crippen molar-refractivity contribution in [1.82, 2.24) is 10.2 Å². The zero-order valence-corrected chi connectivity index (χ0v) is 9.21. The van der Waals surface area contributed by atoms with Crippen LogP contribution >= 0.6 is 0 Å². The first-order valence-corrected chi connectivity index (χ1v) is 5.28. The molecule has 0 saturated heterocycles. The molecule has 0 amide bonds. The number of rotatable bonds is 8. The SMILES string of the molecule is CCCCN(C)CC(O)CNCC. The van der Waals surface area contributed by atoms with E-state index >= 15 is 0 Å². The second-order valence-corrected chi connectivity index (χ2v) is 3.58. The summed E-state index contributed by atoms with van der Waals surface area (Å²) in [6, 6.07) is 0. The largest absolute Gasteiger partial charge is 0.390 e. The van der Waals surface area contributed by atoms with Crippen LogP contribution in [-0.2, 0) is 0 Å². The lowest BCUT2D eigenvalue weighted by atomic mass is 10.3. The minimum atomic E-state index is -0.234. The monoisotopic (exact) mass is 188 g/mol. The number of aliphatic hydroxyl groups excluding tert-OH is 1. The summed E-state index contributed by atoms with van der Waals surface area (Å²) in [5.41, 5.74) is 0. The Balaban J connectivity index is 3.35. The maximum Gasteiger partial charge on any atom is 0.0791 e. The molecule has 0 fully saturated rings. The lowest BCUT2D eigenvalue weighted by molar-refractivity contribution is 0.124. The maximum atomic E-state index is 9.55. The molecule has 0 rings (SSSR count). The van der Waals surface area contributed by atoms with Crippen molar-refractivity contribution in [3.05, 3.63) is 0 Å². The van der Waals surface area contributed by atoms with E-state index in [2.05, 4.69) is 24.2 Å². The van der Waals surface area contributed by atoms with Crippen molar-refractivity contribution in [3.8, 4) is 0 Å². The van der Waals surface area contributed by atoms with Crippen LogP contribution in [0.3, 0.4) is 0 Å². The highest BCUT2D eigenvalue weighted by molar-refractivity contribution is 4.63. The number of aliphatic hydroxyl groups is 1. The average molecular weight is 188 g/mol. The van der Waals surface area contributed by atoms with E-state index in [4.69, 9.17) is 0 Å². The molecule has 0 saturated carbocycles. The van der Waals surface area contributed by atoms with Gasteiger partial charge in [0.15, 0.2) is 0 Å². The first-order valence-electron chi connectivity index (χ1n) is 5.28. The minimum absolute atomic E-state index is 0.234. The van der Waals surface area contributed by atoms with Crippen LogP contribution in [0.15, 0.2) is 0 Å². The van der Waals surface area contributed by atoms with E-state index in [1.54, 1.807) is 0 Å². The summed E-state index contributed by atoms with van der Waals surface area (Å²) in [7, 11) is 2.06. The van der Waals surface area contributed by atoms with Gasteiger partial charge in [-0.15, -0.1) is 0 Å². The van der Waals surface area contributed by atoms with Gasteiger partial charge in [0.25, 0.3) is 0 Å². The molecule has 0 heterocycles. The molecular weight excluding hydrogens is 164 g/mol. The van der Waals surface area contributed by atoms with Crippen LogP contribution in [-0.4, -0.2) is 49.3 Å². The molecule has 0 aromatic heterocycles. The second kappa shape index (κ2) is 8.48. The first kappa shape index (κ1) is 12.9. The molecule has 0 radical (unpaired) electrons. The van der Waals surface area contributed by atoms with Crippen LogP contribution < -0.4 is 5.32 Å². The summed E-state index contributed by atoms with van der Waals surface area (Å²) < 4.78 is 0. The summed E-state index contributed by atoms with van der Waals surface area (Å²) >= 11 is 0. The van der Waals surface area contributed by atoms with E-state index < -0.39 is 0 Å². The first-order chi connectivity index (χ1) is 6.20. The summed E-state index contributed by atoms with van der Waals surface area (Å²) in [5, 5.41) is 12.7. The Morgan fingerprint density at radius 1 is 1.38 bits per heavy atom. The van der Waals surface area contributed by atoms with Crippen LogP contribution in [0, 0.1) is 0 Å². The Morgan fingerprint density at radius 2 is 2.08 bits per heavy atom. The average Bonchev–Trinajstić information content (AvgIpc) is 2.11. The summed E-state index contributed by atoms with van der Waals surface area (Å²) in [6.45, 7) is 7.71. The molecule has 0 aromatic carbocycles. The van der Waals surface area contributed by atoms with Crippen molar-refractivity contribution < 1.29 is 5.11 Å². The third-order valence-electron chi connectivity index (χ3n) is 2.05. The summed E-state index contributed by atoms with van der Waals surface area (Å²) in [4.78, 5) is 2.19. The third-order valence-corrected chi connectivity index (χ3v) is 2.05. The highest BCUT2D eigenvalue weighted by Gasteiger charge is 2.06. The predicted molar refractivity (Wildman–Crippen MR) is 57.0 cm³/mol. The normalized spacial score (nSPS) is 13.6. The van der Waals surface area contributed by atoms with Crippen molar-refractivity contribution in [2.45, 2.75) is 32.8 Å². The van der Waals surface area contributed by atoms with Crippen molar-refractivity contribution in [1.29, 1.82) is 0 Å². The van der Waals surface area contributed by atoms with Gasteiger partial charge in [-0.2, -0.15) is 0 Å². The quantitative estimate of drug-likeness (QED) is 0.588. The second-order valence-electron chi connectivity index (χ2n) is 3.58. The van der Waals surface area contributed by atoms with Crippen LogP contribution in [0.5, 0.6) is 0 Å². The van der Waals surface area contributed by atoms with Gasteiger partial charge in [-0.3, -0.25) is 0 Å². The molecule has 0 bridgehead atoms. The van der Waals surface area contributed by atoms with Gasteiger partial charge in [0.05, 0.1) is 6.10 Å². The molecule has 80 valence electrons. The Hall–Kier alpha value is -0.120. The topological polar surface area (TPSA) is 35.5 Å². The summed E-state index contributed by atoms with van der Waals surface area (Å²) in [6.07, 6.45) is 2.19. The van der Waals surface area contributed by atoms with Crippen LogP contribution in [0.1, 0.15) is 26.7 Å². The zero-order chi connectivity index (χ0) is 10.1. The molecule has 13 heavy (non-hydrogen) atoms. The van der Waals surface area contributed by atoms with Crippen LogP contribution in [0.4, 0.5) is 0 Å². The molecule has 1 atom stereocenters. The van der Waals surface area contributed by atoms with E-state index in [0.717, 1.165) is 19.6 Å². The highest BCUT2D eigenvalue weighted by atomic mass is 16.3. The number of likely N-dealkylation sites (N-methyl/N-ethyl adjacent to an activating group) is 2. The fourth-order valence-electron chi connectivity index (χ4n) is 1.25. The lowest BCUT2D eigenvalue weighted by Gasteiger charge is -2.20. The molecule has 1 unspecified atom stereocenters. The molecule has 0 spiro atoms. The number of nitrogens with one attached hydrogen (secondary N) is 1. The lowest BCUT2D eigenvalue weighted by Crippen LogP contribution is -2.36. The Morgan fingerprint density at radius 3 is 2.62 bits per heavy atom. The van der Waals surface area contributed by atoms with Crippen molar-refractivity contribution in [3.63, 3.8) is 0 Å². The Bertz CT molecular complexity index is 97.1. The third kappa shape index (κ3) is 8.22. The van der Waals surface area contributed by atoms with E-state index in [1.807, 2.05) is 6.92 Å². The van der Waals surface area contributed by atoms with Gasteiger partial charge in [-0.1, -0.05) is 20.3 Å². The predicted octanol–water partition coefficient (Wildman–Crippen LogP) is 0.689. The number of hydrogen-bond donors (Lipinski definition) is 2. The zero-order valence-electron chi connectivity index (χ0n) is 9.21. The van der Waals surface area contributed by atoms with Gasteiger partial charge in [0, 0.05) is 13.1 Å². The van der Waals surface area contributed by atoms with Crippen molar-refractivity contribution in [2.24, 2.45) is 0 Å². The minimum Gasteiger partial charge on any atom is -0.390 e. The van der Waals surface area contributed by atoms with E-state index in [0.29, 0.717) is 6.54 Å². The van der Waals surface area contributed by atoms with Gasteiger partial charge in [0.2, 0.25) is 0 Å². The van der Waals surface area contributed by atoms with Crippen molar-refractivity contribution in [2.75, 3.05) is 33.2 Å². The van der Waals surface area contributed by atoms with Gasteiger partial charge in [-0.25, -0.2) is 0 Å². The van der Waals surface area contributed by atoms with Gasteiger partial charge >= 0.3 is 0 Å². The number of nitrogens with zero attached hydrogens (tertiary/aromatic N) is 1. The molecule has 0 aliphatic rings. The maximum absolute atomic E-state index is 9.55. The van der Waals surface area contributed by atoms with Gasteiger partial charge in [0.1, 0.15) is 0 Å². The Kier molecular flexibility index (Phi) is 8.40. The Labute approximate surface area is 82.1 Å². The molecular formula is C10H24N2O. The fraction of sp³-hybridized carbons (Fsp3) is 1.00. The van der Waals surface area contributed by atoms with E-state index in [1.165, 1.54) is 12.8 Å². The fourth-order valence-corrected chi connectivity index (χ4v) is 1.25. The van der Waals surface area contributed by atoms with Crippen molar-refractivity contribution >= 4 is 0 Å². The molecule has 0 aliphatic heterocycles. The molecule has 2 N–H and O–H groups in total. The molecule has 3 nitrogen and oxygen atoms in total. The summed E-state index contributed by atoms with van der Waals surface area (Å²) in [5.74, 6) is 0. The molecule has 0 aromatic rings. The highest BCUT2D eigenvalue weighted by Crippen LogP contribution is 1.93. The molecule has 3 heteroatoms. The van der Waals surface area contributed by atoms with Gasteiger partial charge < -0.3 is 15.3 Å². The number of unbranched alkanes of at least 4 members (excludes halogenated alkanes) is 1. The van der Waals surface area contributed by atoms with E-state index in [9.17, 15) is 5.11 Å². The van der Waals surface area contributed by atoms with Crippen LogP contribution in [0.25, 0.3) is 0 Å². The van der Waals surface area contributed by atoms with E-state index in [-0.39, 0.29) is 6.10 Å².